The average molecular weight is 278 g/mol. The van der Waals surface area contributed by atoms with Crippen molar-refractivity contribution in [1.29, 1.82) is 0 Å². The molecule has 0 amide bonds. The van der Waals surface area contributed by atoms with Crippen LogP contribution in [0.3, 0.4) is 0 Å². The third-order valence-corrected chi connectivity index (χ3v) is 4.20. The third kappa shape index (κ3) is 3.02. The number of nitrogens with zero attached hydrogens (tertiary/aromatic N) is 4. The molecule has 19 heavy (non-hydrogen) atoms. The van der Waals surface area contributed by atoms with E-state index in [1.807, 2.05) is 16.8 Å². The molecule has 1 aliphatic heterocycles. The van der Waals surface area contributed by atoms with Gasteiger partial charge < -0.3 is 9.42 Å². The standard InChI is InChI=1S/C13H18N4OS/c1-2-16-4-6-17(7-5-16)9-12-14-13(15-18-12)11-3-8-19-10-11/h3,8,10H,2,4-7,9H2,1H3. The first kappa shape index (κ1) is 12.8. The second kappa shape index (κ2) is 5.81. The molecule has 2 aromatic heterocycles. The second-order valence-corrected chi connectivity index (χ2v) is 5.51. The van der Waals surface area contributed by atoms with Crippen LogP contribution in [0.25, 0.3) is 11.4 Å². The summed E-state index contributed by atoms with van der Waals surface area (Å²) in [7, 11) is 0. The fraction of sp³-hybridized carbons (Fsp3) is 0.538. The van der Waals surface area contributed by atoms with Crippen molar-refractivity contribution < 1.29 is 4.52 Å². The average Bonchev–Trinajstić information content (AvgIpc) is 3.10. The van der Waals surface area contributed by atoms with Gasteiger partial charge in [0, 0.05) is 37.1 Å². The maximum Gasteiger partial charge on any atom is 0.241 e. The minimum absolute atomic E-state index is 0.698. The lowest BCUT2D eigenvalue weighted by Crippen LogP contribution is -2.45. The summed E-state index contributed by atoms with van der Waals surface area (Å²) in [5.41, 5.74) is 1.04. The Hall–Kier alpha value is -1.24. The first-order valence-corrected chi connectivity index (χ1v) is 7.59. The maximum absolute atomic E-state index is 5.33. The highest BCUT2D eigenvalue weighted by Crippen LogP contribution is 2.19. The molecular formula is C13H18N4OS. The van der Waals surface area contributed by atoms with Crippen LogP contribution in [0.5, 0.6) is 0 Å². The maximum atomic E-state index is 5.33. The Bertz CT molecular complexity index is 502. The highest BCUT2D eigenvalue weighted by atomic mass is 32.1. The van der Waals surface area contributed by atoms with Crippen molar-refractivity contribution in [2.75, 3.05) is 32.7 Å². The molecular weight excluding hydrogens is 260 g/mol. The van der Waals surface area contributed by atoms with Crippen molar-refractivity contribution in [3.05, 3.63) is 22.7 Å². The van der Waals surface area contributed by atoms with E-state index in [1.54, 1.807) is 11.3 Å². The molecule has 3 heterocycles. The van der Waals surface area contributed by atoms with E-state index >= 15 is 0 Å². The van der Waals surface area contributed by atoms with Gasteiger partial charge in [-0.1, -0.05) is 12.1 Å². The van der Waals surface area contributed by atoms with Crippen LogP contribution in [-0.4, -0.2) is 52.7 Å². The number of rotatable bonds is 4. The van der Waals surface area contributed by atoms with E-state index in [9.17, 15) is 0 Å². The van der Waals surface area contributed by atoms with Crippen LogP contribution in [0.2, 0.25) is 0 Å². The summed E-state index contributed by atoms with van der Waals surface area (Å²) in [6.07, 6.45) is 0. The molecule has 0 radical (unpaired) electrons. The van der Waals surface area contributed by atoms with Crippen molar-refractivity contribution in [2.45, 2.75) is 13.5 Å². The Morgan fingerprint density at radius 1 is 1.26 bits per heavy atom. The number of hydrogen-bond acceptors (Lipinski definition) is 6. The van der Waals surface area contributed by atoms with Crippen LogP contribution in [0, 0.1) is 0 Å². The van der Waals surface area contributed by atoms with E-state index in [0.717, 1.165) is 44.8 Å². The second-order valence-electron chi connectivity index (χ2n) is 4.73. The molecule has 1 aliphatic rings. The summed E-state index contributed by atoms with van der Waals surface area (Å²) in [6.45, 7) is 8.50. The minimum Gasteiger partial charge on any atom is -0.338 e. The lowest BCUT2D eigenvalue weighted by Gasteiger charge is -2.33. The van der Waals surface area contributed by atoms with Gasteiger partial charge in [-0.25, -0.2) is 0 Å². The third-order valence-electron chi connectivity index (χ3n) is 3.52. The molecule has 3 rings (SSSR count). The first-order chi connectivity index (χ1) is 9.35. The van der Waals surface area contributed by atoms with E-state index in [1.165, 1.54) is 0 Å². The van der Waals surface area contributed by atoms with Crippen molar-refractivity contribution in [3.8, 4) is 11.4 Å². The van der Waals surface area contributed by atoms with Crippen molar-refractivity contribution in [2.24, 2.45) is 0 Å². The summed E-state index contributed by atoms with van der Waals surface area (Å²) in [4.78, 5) is 9.29. The number of aromatic nitrogens is 2. The van der Waals surface area contributed by atoms with Gasteiger partial charge in [-0.3, -0.25) is 4.90 Å². The smallest absolute Gasteiger partial charge is 0.241 e. The van der Waals surface area contributed by atoms with Gasteiger partial charge in [0.1, 0.15) is 0 Å². The monoisotopic (exact) mass is 278 g/mol. The Kier molecular flexibility index (Phi) is 3.91. The normalized spacial score (nSPS) is 17.9. The molecule has 102 valence electrons. The summed E-state index contributed by atoms with van der Waals surface area (Å²) in [6, 6.07) is 2.01. The molecule has 0 unspecified atom stereocenters. The zero-order chi connectivity index (χ0) is 13.1. The highest BCUT2D eigenvalue weighted by molar-refractivity contribution is 7.08. The highest BCUT2D eigenvalue weighted by Gasteiger charge is 2.18. The van der Waals surface area contributed by atoms with Crippen LogP contribution in [-0.2, 0) is 6.54 Å². The van der Waals surface area contributed by atoms with Gasteiger partial charge in [-0.2, -0.15) is 16.3 Å². The van der Waals surface area contributed by atoms with E-state index in [2.05, 4.69) is 26.9 Å². The molecule has 2 aromatic rings. The summed E-state index contributed by atoms with van der Waals surface area (Å²) in [5, 5.41) is 8.10. The fourth-order valence-corrected chi connectivity index (χ4v) is 2.92. The molecule has 0 N–H and O–H groups in total. The van der Waals surface area contributed by atoms with Crippen LogP contribution < -0.4 is 0 Å². The first-order valence-electron chi connectivity index (χ1n) is 6.65. The summed E-state index contributed by atoms with van der Waals surface area (Å²) >= 11 is 1.64. The van der Waals surface area contributed by atoms with Crippen LogP contribution in [0.4, 0.5) is 0 Å². The molecule has 0 saturated carbocycles. The summed E-state index contributed by atoms with van der Waals surface area (Å²) < 4.78 is 5.33. The Balaban J connectivity index is 1.59. The van der Waals surface area contributed by atoms with Gasteiger partial charge >= 0.3 is 0 Å². The molecule has 1 saturated heterocycles. The zero-order valence-corrected chi connectivity index (χ0v) is 11.9. The molecule has 0 aliphatic carbocycles. The van der Waals surface area contributed by atoms with E-state index in [4.69, 9.17) is 4.52 Å². The fourth-order valence-electron chi connectivity index (χ4n) is 2.28. The number of piperazine rings is 1. The topological polar surface area (TPSA) is 45.4 Å². The Labute approximate surface area is 116 Å². The van der Waals surface area contributed by atoms with Gasteiger partial charge in [0.25, 0.3) is 0 Å². The molecule has 0 bridgehead atoms. The number of likely N-dealkylation sites (N-methyl/N-ethyl adjacent to an activating group) is 1. The molecule has 0 spiro atoms. The predicted octanol–water partition coefficient (Wildman–Crippen LogP) is 1.94. The quantitative estimate of drug-likeness (QED) is 0.855. The van der Waals surface area contributed by atoms with Crippen LogP contribution in [0.15, 0.2) is 21.3 Å². The Morgan fingerprint density at radius 3 is 2.74 bits per heavy atom. The van der Waals surface area contributed by atoms with Crippen molar-refractivity contribution in [3.63, 3.8) is 0 Å². The van der Waals surface area contributed by atoms with Crippen molar-refractivity contribution in [1.82, 2.24) is 19.9 Å². The van der Waals surface area contributed by atoms with Gasteiger partial charge in [0.2, 0.25) is 11.7 Å². The van der Waals surface area contributed by atoms with E-state index < -0.39 is 0 Å². The molecule has 1 fully saturated rings. The molecule has 6 heteroatoms. The largest absolute Gasteiger partial charge is 0.338 e. The summed E-state index contributed by atoms with van der Waals surface area (Å²) in [5.74, 6) is 1.41. The molecule has 0 atom stereocenters. The van der Waals surface area contributed by atoms with E-state index in [0.29, 0.717) is 11.7 Å². The van der Waals surface area contributed by atoms with Gasteiger partial charge in [-0.05, 0) is 18.0 Å². The van der Waals surface area contributed by atoms with Crippen molar-refractivity contribution >= 4 is 11.3 Å². The van der Waals surface area contributed by atoms with Gasteiger partial charge in [0.15, 0.2) is 0 Å². The van der Waals surface area contributed by atoms with Gasteiger partial charge in [0.05, 0.1) is 6.54 Å². The number of hydrogen-bond donors (Lipinski definition) is 0. The lowest BCUT2D eigenvalue weighted by molar-refractivity contribution is 0.121. The zero-order valence-electron chi connectivity index (χ0n) is 11.1. The van der Waals surface area contributed by atoms with Gasteiger partial charge in [-0.15, -0.1) is 0 Å². The van der Waals surface area contributed by atoms with Crippen LogP contribution >= 0.6 is 11.3 Å². The van der Waals surface area contributed by atoms with E-state index in [-0.39, 0.29) is 0 Å². The SMILES string of the molecule is CCN1CCN(Cc2nc(-c3ccsc3)no2)CC1. The Morgan fingerprint density at radius 2 is 2.05 bits per heavy atom. The number of thiophene rings is 1. The minimum atomic E-state index is 0.698. The predicted molar refractivity (Wildman–Crippen MR) is 75.0 cm³/mol. The molecule has 0 aromatic carbocycles. The molecule has 5 nitrogen and oxygen atoms in total. The van der Waals surface area contributed by atoms with Crippen LogP contribution in [0.1, 0.15) is 12.8 Å². The lowest BCUT2D eigenvalue weighted by atomic mass is 10.3.